The maximum Gasteiger partial charge on any atom is 0.414 e. The molecule has 0 atom stereocenters. The number of rotatable bonds is 2. The molecule has 0 aliphatic carbocycles. The number of anilines is 1. The van der Waals surface area contributed by atoms with Crippen LogP contribution >= 0.6 is 0 Å². The third-order valence-corrected chi connectivity index (χ3v) is 3.23. The molecular weight excluding hydrogens is 270 g/mol. The Labute approximate surface area is 122 Å². The molecule has 1 amide bonds. The minimum atomic E-state index is -0.450. The Morgan fingerprint density at radius 2 is 2.05 bits per heavy atom. The molecule has 3 rings (SSSR count). The van der Waals surface area contributed by atoms with E-state index in [1.54, 1.807) is 6.07 Å². The molecule has 0 spiro atoms. The van der Waals surface area contributed by atoms with Gasteiger partial charge in [-0.15, -0.1) is 0 Å². The Morgan fingerprint density at radius 1 is 1.24 bits per heavy atom. The van der Waals surface area contributed by atoms with Crippen LogP contribution in [0.3, 0.4) is 0 Å². The lowest BCUT2D eigenvalue weighted by molar-refractivity contribution is 0.144. The van der Waals surface area contributed by atoms with Gasteiger partial charge >= 0.3 is 6.09 Å². The zero-order valence-corrected chi connectivity index (χ0v) is 11.4. The van der Waals surface area contributed by atoms with Crippen LogP contribution in [0.4, 0.5) is 10.5 Å². The summed E-state index contributed by atoms with van der Waals surface area (Å²) in [6.45, 7) is 1.01. The van der Waals surface area contributed by atoms with Gasteiger partial charge in [-0.3, -0.25) is 4.90 Å². The molecule has 0 radical (unpaired) electrons. The fourth-order valence-corrected chi connectivity index (χ4v) is 2.19. The number of hydrogen-bond acceptors (Lipinski definition) is 4. The van der Waals surface area contributed by atoms with E-state index >= 15 is 0 Å². The van der Waals surface area contributed by atoms with E-state index in [1.165, 1.54) is 17.0 Å². The summed E-state index contributed by atoms with van der Waals surface area (Å²) < 4.78 is 10.8. The molecule has 5 heteroatoms. The predicted molar refractivity (Wildman–Crippen MR) is 77.6 cm³/mol. The molecule has 2 aromatic carbocycles. The van der Waals surface area contributed by atoms with E-state index in [4.69, 9.17) is 9.47 Å². The van der Waals surface area contributed by atoms with Crippen molar-refractivity contribution in [1.82, 2.24) is 0 Å². The maximum absolute atomic E-state index is 12.2. The quantitative estimate of drug-likeness (QED) is 0.921. The van der Waals surface area contributed by atoms with Crippen molar-refractivity contribution < 1.29 is 19.4 Å². The summed E-state index contributed by atoms with van der Waals surface area (Å²) in [5, 5.41) is 9.56. The number of amides is 1. The lowest BCUT2D eigenvalue weighted by atomic mass is 10.2. The van der Waals surface area contributed by atoms with E-state index in [1.807, 2.05) is 30.3 Å². The van der Waals surface area contributed by atoms with Crippen LogP contribution < -0.4 is 9.64 Å². The SMILES string of the molecule is O=C(OCc1ccccc1)N1CCOc2ccc(O)cc21. The lowest BCUT2D eigenvalue weighted by Gasteiger charge is -2.28. The fourth-order valence-electron chi connectivity index (χ4n) is 2.19. The molecule has 1 aliphatic rings. The molecule has 0 bridgehead atoms. The summed E-state index contributed by atoms with van der Waals surface area (Å²) in [5.41, 5.74) is 1.45. The summed E-state index contributed by atoms with van der Waals surface area (Å²) in [5.74, 6) is 0.649. The first-order valence-electron chi connectivity index (χ1n) is 6.68. The molecule has 1 N–H and O–H groups in total. The molecule has 1 aliphatic heterocycles. The van der Waals surface area contributed by atoms with Gasteiger partial charge in [0.1, 0.15) is 24.7 Å². The number of fused-ring (bicyclic) bond motifs is 1. The van der Waals surface area contributed by atoms with Gasteiger partial charge in [0.2, 0.25) is 0 Å². The standard InChI is InChI=1S/C16H15NO4/c18-13-6-7-15-14(10-13)17(8-9-20-15)16(19)21-11-12-4-2-1-3-5-12/h1-7,10,18H,8-9,11H2. The normalized spacial score (nSPS) is 13.2. The number of carbonyl (C=O) groups is 1. The van der Waals surface area contributed by atoms with Gasteiger partial charge in [-0.2, -0.15) is 0 Å². The predicted octanol–water partition coefficient (Wildman–Crippen LogP) is 2.93. The van der Waals surface area contributed by atoms with Crippen LogP contribution in [0.25, 0.3) is 0 Å². The molecule has 0 aromatic heterocycles. The molecule has 21 heavy (non-hydrogen) atoms. The first kappa shape index (κ1) is 13.3. The number of phenolic OH excluding ortho intramolecular Hbond substituents is 1. The van der Waals surface area contributed by atoms with Gasteiger partial charge in [0, 0.05) is 6.07 Å². The van der Waals surface area contributed by atoms with Crippen molar-refractivity contribution in [3.05, 3.63) is 54.1 Å². The van der Waals surface area contributed by atoms with E-state index in [0.717, 1.165) is 5.56 Å². The molecular formula is C16H15NO4. The Hall–Kier alpha value is -2.69. The Kier molecular flexibility index (Phi) is 3.64. The Morgan fingerprint density at radius 3 is 2.86 bits per heavy atom. The van der Waals surface area contributed by atoms with Crippen molar-refractivity contribution in [3.63, 3.8) is 0 Å². The summed E-state index contributed by atoms with van der Waals surface area (Å²) in [4.78, 5) is 13.7. The molecule has 108 valence electrons. The van der Waals surface area contributed by atoms with Crippen molar-refractivity contribution in [2.45, 2.75) is 6.61 Å². The van der Waals surface area contributed by atoms with Crippen LogP contribution in [0.15, 0.2) is 48.5 Å². The van der Waals surface area contributed by atoms with E-state index < -0.39 is 6.09 Å². The molecule has 5 nitrogen and oxygen atoms in total. The van der Waals surface area contributed by atoms with Crippen molar-refractivity contribution in [2.75, 3.05) is 18.1 Å². The smallest absolute Gasteiger partial charge is 0.414 e. The molecule has 1 heterocycles. The van der Waals surface area contributed by atoms with E-state index in [9.17, 15) is 9.90 Å². The second-order valence-electron chi connectivity index (χ2n) is 4.69. The number of hydrogen-bond donors (Lipinski definition) is 1. The zero-order chi connectivity index (χ0) is 14.7. The second-order valence-corrected chi connectivity index (χ2v) is 4.69. The van der Waals surface area contributed by atoms with Gasteiger partial charge in [-0.25, -0.2) is 4.79 Å². The highest BCUT2D eigenvalue weighted by molar-refractivity contribution is 5.90. The Balaban J connectivity index is 1.73. The highest BCUT2D eigenvalue weighted by Crippen LogP contribution is 2.34. The molecule has 0 saturated carbocycles. The van der Waals surface area contributed by atoms with Crippen LogP contribution in [-0.2, 0) is 11.3 Å². The van der Waals surface area contributed by atoms with Crippen molar-refractivity contribution in [3.8, 4) is 11.5 Å². The minimum absolute atomic E-state index is 0.0834. The highest BCUT2D eigenvalue weighted by Gasteiger charge is 2.25. The number of nitrogens with zero attached hydrogens (tertiary/aromatic N) is 1. The van der Waals surface area contributed by atoms with Gasteiger partial charge in [-0.05, 0) is 17.7 Å². The van der Waals surface area contributed by atoms with Crippen molar-refractivity contribution in [2.24, 2.45) is 0 Å². The van der Waals surface area contributed by atoms with Crippen molar-refractivity contribution in [1.29, 1.82) is 0 Å². The first-order valence-corrected chi connectivity index (χ1v) is 6.68. The lowest BCUT2D eigenvalue weighted by Crippen LogP contribution is -2.38. The topological polar surface area (TPSA) is 59.0 Å². The number of ether oxygens (including phenoxy) is 2. The van der Waals surface area contributed by atoms with Crippen LogP contribution in [0.1, 0.15) is 5.56 Å². The summed E-state index contributed by atoms with van der Waals surface area (Å²) in [6, 6.07) is 14.2. The average molecular weight is 285 g/mol. The van der Waals surface area contributed by atoms with Crippen molar-refractivity contribution >= 4 is 11.8 Å². The first-order chi connectivity index (χ1) is 10.2. The maximum atomic E-state index is 12.2. The minimum Gasteiger partial charge on any atom is -0.508 e. The molecule has 2 aromatic rings. The van der Waals surface area contributed by atoms with Crippen LogP contribution in [0.5, 0.6) is 11.5 Å². The largest absolute Gasteiger partial charge is 0.508 e. The number of carbonyl (C=O) groups excluding carboxylic acids is 1. The van der Waals surface area contributed by atoms with Gasteiger partial charge in [0.05, 0.1) is 12.2 Å². The molecule has 0 fully saturated rings. The number of benzene rings is 2. The van der Waals surface area contributed by atoms with Gasteiger partial charge < -0.3 is 14.6 Å². The number of aromatic hydroxyl groups is 1. The summed E-state index contributed by atoms with van der Waals surface area (Å²) in [7, 11) is 0. The average Bonchev–Trinajstić information content (AvgIpc) is 2.53. The van der Waals surface area contributed by atoms with E-state index in [-0.39, 0.29) is 12.4 Å². The third kappa shape index (κ3) is 2.91. The fraction of sp³-hybridized carbons (Fsp3) is 0.188. The van der Waals surface area contributed by atoms with Gasteiger partial charge in [0.25, 0.3) is 0 Å². The van der Waals surface area contributed by atoms with Crippen LogP contribution in [0, 0.1) is 0 Å². The monoisotopic (exact) mass is 285 g/mol. The zero-order valence-electron chi connectivity index (χ0n) is 11.4. The van der Waals surface area contributed by atoms with Crippen LogP contribution in [-0.4, -0.2) is 24.4 Å². The highest BCUT2D eigenvalue weighted by atomic mass is 16.6. The van der Waals surface area contributed by atoms with Gasteiger partial charge in [-0.1, -0.05) is 30.3 Å². The van der Waals surface area contributed by atoms with E-state index in [0.29, 0.717) is 24.6 Å². The molecule has 0 unspecified atom stereocenters. The number of phenols is 1. The van der Waals surface area contributed by atoms with Crippen LogP contribution in [0.2, 0.25) is 0 Å². The summed E-state index contributed by atoms with van der Waals surface area (Å²) >= 11 is 0. The summed E-state index contributed by atoms with van der Waals surface area (Å²) in [6.07, 6.45) is -0.450. The van der Waals surface area contributed by atoms with Gasteiger partial charge in [0.15, 0.2) is 0 Å². The third-order valence-electron chi connectivity index (χ3n) is 3.23. The molecule has 0 saturated heterocycles. The van der Waals surface area contributed by atoms with E-state index in [2.05, 4.69) is 0 Å². The Bertz CT molecular complexity index is 642. The second kappa shape index (κ2) is 5.75.